The topological polar surface area (TPSA) is 37.3 Å². The number of hydrogen-bond acceptors (Lipinski definition) is 1. The van der Waals surface area contributed by atoms with Gasteiger partial charge in [0.05, 0.1) is 0 Å². The molecule has 0 aromatic carbocycles. The Kier molecular flexibility index (Phi) is 2.70. The second-order valence-corrected chi connectivity index (χ2v) is 6.96. The summed E-state index contributed by atoms with van der Waals surface area (Å²) in [6.45, 7) is 0. The third-order valence-electron chi connectivity index (χ3n) is 6.19. The van der Waals surface area contributed by atoms with Gasteiger partial charge in [-0.2, -0.15) is 0 Å². The smallest absolute Gasteiger partial charge is 0.318 e. The second-order valence-electron chi connectivity index (χ2n) is 6.96. The largest absolute Gasteiger partial charge is 0.480 e. The van der Waals surface area contributed by atoms with Crippen LogP contribution < -0.4 is 0 Å². The fraction of sp³-hybridized carbons (Fsp3) is 0.611. The van der Waals surface area contributed by atoms with Crippen LogP contribution in [0.2, 0.25) is 0 Å². The van der Waals surface area contributed by atoms with E-state index < -0.39 is 11.4 Å². The number of aliphatic carboxylic acids is 1. The summed E-state index contributed by atoms with van der Waals surface area (Å²) in [5.41, 5.74) is 1.78. The first-order valence-corrected chi connectivity index (χ1v) is 8.06. The summed E-state index contributed by atoms with van der Waals surface area (Å²) in [7, 11) is 0. The molecule has 0 amide bonds. The van der Waals surface area contributed by atoms with Crippen molar-refractivity contribution in [3.63, 3.8) is 0 Å². The lowest BCUT2D eigenvalue weighted by molar-refractivity contribution is -0.144. The van der Waals surface area contributed by atoms with Gasteiger partial charge in [-0.3, -0.25) is 4.79 Å². The molecule has 0 heterocycles. The number of allylic oxidation sites excluding steroid dienone is 4. The molecule has 20 heavy (non-hydrogen) atoms. The van der Waals surface area contributed by atoms with E-state index in [2.05, 4.69) is 12.2 Å². The molecule has 0 aliphatic heterocycles. The monoisotopic (exact) mass is 270 g/mol. The van der Waals surface area contributed by atoms with Crippen molar-refractivity contribution in [1.82, 2.24) is 0 Å². The molecule has 0 bridgehead atoms. The zero-order valence-electron chi connectivity index (χ0n) is 11.8. The summed E-state index contributed by atoms with van der Waals surface area (Å²) in [5, 5.41) is 9.70. The van der Waals surface area contributed by atoms with Gasteiger partial charge in [0.15, 0.2) is 0 Å². The lowest BCUT2D eigenvalue weighted by Crippen LogP contribution is -2.41. The van der Waals surface area contributed by atoms with E-state index in [9.17, 15) is 9.90 Å². The molecule has 0 saturated heterocycles. The zero-order valence-corrected chi connectivity index (χ0v) is 11.8. The highest BCUT2D eigenvalue weighted by Gasteiger charge is 2.50. The molecule has 0 spiro atoms. The summed E-state index contributed by atoms with van der Waals surface area (Å²) in [4.78, 5) is 11.8. The minimum Gasteiger partial charge on any atom is -0.480 e. The maximum atomic E-state index is 11.8. The Labute approximate surface area is 120 Å². The van der Waals surface area contributed by atoms with E-state index in [1.165, 1.54) is 37.7 Å². The molecule has 0 aromatic heterocycles. The molecule has 4 aliphatic rings. The molecule has 1 N–H and O–H groups in total. The van der Waals surface area contributed by atoms with Crippen LogP contribution in [-0.2, 0) is 4.79 Å². The Bertz CT molecular complexity index is 540. The van der Waals surface area contributed by atoms with Crippen LogP contribution in [0.4, 0.5) is 0 Å². The van der Waals surface area contributed by atoms with E-state index in [0.717, 1.165) is 30.3 Å². The van der Waals surface area contributed by atoms with E-state index in [1.807, 2.05) is 12.2 Å². The van der Waals surface area contributed by atoms with Crippen molar-refractivity contribution < 1.29 is 9.90 Å². The first-order chi connectivity index (χ1) is 9.72. The molecule has 2 saturated carbocycles. The summed E-state index contributed by atoms with van der Waals surface area (Å²) < 4.78 is 0. The predicted octanol–water partition coefficient (Wildman–Crippen LogP) is 4.10. The molecule has 4 aliphatic carbocycles. The van der Waals surface area contributed by atoms with Gasteiger partial charge in [0.1, 0.15) is 5.41 Å². The number of fused-ring (bicyclic) bond motifs is 5. The number of carbonyl (C=O) groups is 1. The highest BCUT2D eigenvalue weighted by molar-refractivity contribution is 5.85. The third-order valence-corrected chi connectivity index (χ3v) is 6.19. The van der Waals surface area contributed by atoms with Crippen molar-refractivity contribution in [3.05, 3.63) is 35.5 Å². The zero-order chi connectivity index (χ0) is 13.7. The Morgan fingerprint density at radius 1 is 1.25 bits per heavy atom. The first kappa shape index (κ1) is 12.4. The summed E-state index contributed by atoms with van der Waals surface area (Å²) in [5.74, 6) is 1.65. The van der Waals surface area contributed by atoms with Crippen LogP contribution in [0, 0.1) is 23.2 Å². The standard InChI is InChI=1S/C18H22O2/c19-17(20)18-10-3-6-16(18)15-8-7-12-4-1-2-5-13(12)14(15)9-11-18/h3,6,8,10,12-14H,1-2,4-5,7,9,11H2,(H,19,20)/t12?,13-,14+,18+/m0/s1. The average molecular weight is 270 g/mol. The van der Waals surface area contributed by atoms with Gasteiger partial charge in [-0.25, -0.2) is 0 Å². The molecule has 2 fully saturated rings. The van der Waals surface area contributed by atoms with E-state index >= 15 is 0 Å². The van der Waals surface area contributed by atoms with Gasteiger partial charge in [0, 0.05) is 0 Å². The maximum Gasteiger partial charge on any atom is 0.318 e. The molecular weight excluding hydrogens is 248 g/mol. The van der Waals surface area contributed by atoms with Gasteiger partial charge in [-0.15, -0.1) is 0 Å². The van der Waals surface area contributed by atoms with E-state index in [4.69, 9.17) is 0 Å². The lowest BCUT2D eigenvalue weighted by Gasteiger charge is -2.47. The van der Waals surface area contributed by atoms with E-state index in [0.29, 0.717) is 5.92 Å². The Morgan fingerprint density at radius 3 is 2.95 bits per heavy atom. The van der Waals surface area contributed by atoms with Gasteiger partial charge >= 0.3 is 5.97 Å². The van der Waals surface area contributed by atoms with Crippen molar-refractivity contribution in [2.45, 2.75) is 44.9 Å². The Hall–Kier alpha value is -1.31. The van der Waals surface area contributed by atoms with Crippen molar-refractivity contribution >= 4 is 5.97 Å². The maximum absolute atomic E-state index is 11.8. The van der Waals surface area contributed by atoms with Crippen molar-refractivity contribution in [3.8, 4) is 0 Å². The molecule has 4 atom stereocenters. The normalized spacial score (nSPS) is 42.1. The van der Waals surface area contributed by atoms with Crippen molar-refractivity contribution in [2.75, 3.05) is 0 Å². The van der Waals surface area contributed by atoms with Crippen molar-refractivity contribution in [2.24, 2.45) is 23.2 Å². The van der Waals surface area contributed by atoms with E-state index in [-0.39, 0.29) is 0 Å². The third kappa shape index (κ3) is 1.54. The molecular formula is C18H22O2. The fourth-order valence-corrected chi connectivity index (χ4v) is 5.19. The highest BCUT2D eigenvalue weighted by atomic mass is 16.4. The van der Waals surface area contributed by atoms with Crippen LogP contribution in [0.25, 0.3) is 0 Å². The summed E-state index contributed by atoms with van der Waals surface area (Å²) >= 11 is 0. The molecule has 1 unspecified atom stereocenters. The molecule has 106 valence electrons. The summed E-state index contributed by atoms with van der Waals surface area (Å²) in [6.07, 6.45) is 16.8. The van der Waals surface area contributed by atoms with Crippen LogP contribution in [0.1, 0.15) is 44.9 Å². The number of carboxylic acids is 1. The molecule has 0 radical (unpaired) electrons. The van der Waals surface area contributed by atoms with Gasteiger partial charge < -0.3 is 5.11 Å². The van der Waals surface area contributed by atoms with E-state index in [1.54, 1.807) is 0 Å². The molecule has 2 nitrogen and oxygen atoms in total. The number of carboxylic acid groups (broad SMARTS) is 1. The molecule has 4 rings (SSSR count). The van der Waals surface area contributed by atoms with Crippen LogP contribution in [0.15, 0.2) is 35.5 Å². The van der Waals surface area contributed by atoms with Gasteiger partial charge in [0.2, 0.25) is 0 Å². The first-order valence-electron chi connectivity index (χ1n) is 8.06. The van der Waals surface area contributed by atoms with Crippen molar-refractivity contribution in [1.29, 1.82) is 0 Å². The second kappa shape index (κ2) is 4.34. The van der Waals surface area contributed by atoms with Gasteiger partial charge in [0.25, 0.3) is 0 Å². The fourth-order valence-electron chi connectivity index (χ4n) is 5.19. The number of rotatable bonds is 1. The van der Waals surface area contributed by atoms with Crippen LogP contribution >= 0.6 is 0 Å². The van der Waals surface area contributed by atoms with Crippen LogP contribution in [0.3, 0.4) is 0 Å². The average Bonchev–Trinajstić information content (AvgIpc) is 2.92. The predicted molar refractivity (Wildman–Crippen MR) is 78.2 cm³/mol. The Morgan fingerprint density at radius 2 is 2.10 bits per heavy atom. The highest BCUT2D eigenvalue weighted by Crippen LogP contribution is 2.57. The van der Waals surface area contributed by atoms with Gasteiger partial charge in [-0.05, 0) is 61.0 Å². The minimum atomic E-state index is -0.705. The minimum absolute atomic E-state index is 0.632. The molecule has 2 heteroatoms. The molecule has 0 aromatic rings. The SMILES string of the molecule is O=C(O)[C@@]12C=CC=C1C1=CCC3CCCC[C@@H]3[C@H]1CC2. The van der Waals surface area contributed by atoms with Crippen LogP contribution in [-0.4, -0.2) is 11.1 Å². The number of hydrogen-bond donors (Lipinski definition) is 1. The lowest BCUT2D eigenvalue weighted by atomic mass is 9.56. The summed E-state index contributed by atoms with van der Waals surface area (Å²) in [6, 6.07) is 0. The van der Waals surface area contributed by atoms with Gasteiger partial charge in [-0.1, -0.05) is 37.1 Å². The van der Waals surface area contributed by atoms with Crippen LogP contribution in [0.5, 0.6) is 0 Å². The Balaban J connectivity index is 1.73. The quantitative estimate of drug-likeness (QED) is 0.779.